The molecule has 0 radical (unpaired) electrons. The zero-order valence-corrected chi connectivity index (χ0v) is 18.4. The summed E-state index contributed by atoms with van der Waals surface area (Å²) in [7, 11) is 0. The van der Waals surface area contributed by atoms with Crippen LogP contribution in [0.3, 0.4) is 0 Å². The second-order valence-corrected chi connectivity index (χ2v) is 9.34. The van der Waals surface area contributed by atoms with Gasteiger partial charge in [-0.05, 0) is 49.2 Å². The number of benzene rings is 2. The van der Waals surface area contributed by atoms with Gasteiger partial charge in [0.2, 0.25) is 12.1 Å². The molecular formula is C19H19Br2N3O4. The first-order valence-electron chi connectivity index (χ1n) is 8.67. The Morgan fingerprint density at radius 1 is 0.786 bits per heavy atom. The Morgan fingerprint density at radius 2 is 1.11 bits per heavy atom. The van der Waals surface area contributed by atoms with Crippen LogP contribution in [0.5, 0.6) is 0 Å². The number of rotatable bonds is 4. The Kier molecular flexibility index (Phi) is 5.88. The van der Waals surface area contributed by atoms with Crippen molar-refractivity contribution in [1.82, 2.24) is 5.32 Å². The summed E-state index contributed by atoms with van der Waals surface area (Å²) in [5, 5.41) is 27.2. The minimum Gasteiger partial charge on any atom is -0.291 e. The van der Waals surface area contributed by atoms with Gasteiger partial charge < -0.3 is 0 Å². The molecule has 9 heteroatoms. The Labute approximate surface area is 179 Å². The molecule has 0 amide bonds. The summed E-state index contributed by atoms with van der Waals surface area (Å²) < 4.78 is 1.72. The van der Waals surface area contributed by atoms with Crippen LogP contribution in [0, 0.1) is 25.6 Å². The second kappa shape index (κ2) is 7.88. The molecule has 0 bridgehead atoms. The molecule has 1 fully saturated rings. The molecule has 1 aliphatic heterocycles. The summed E-state index contributed by atoms with van der Waals surface area (Å²) in [4.78, 5) is 23.2. The van der Waals surface area contributed by atoms with Gasteiger partial charge >= 0.3 is 0 Å². The van der Waals surface area contributed by atoms with Gasteiger partial charge in [0.15, 0.2) is 0 Å². The predicted molar refractivity (Wildman–Crippen MR) is 112 cm³/mol. The molecule has 148 valence electrons. The molecule has 2 aromatic rings. The third-order valence-corrected chi connectivity index (χ3v) is 6.49. The van der Waals surface area contributed by atoms with Gasteiger partial charge in [-0.25, -0.2) is 0 Å². The standard InChI is InChI=1S/C19H19Br2N3O4/c1-19(2)17(23(25)26)15(11-3-7-13(20)8-4-11)22-16(18(19)24(27)28)12-5-9-14(21)10-6-12/h3-10,15-18,22H,1-2H3. The van der Waals surface area contributed by atoms with E-state index >= 15 is 0 Å². The number of hydrogen-bond acceptors (Lipinski definition) is 5. The number of hydrogen-bond donors (Lipinski definition) is 1. The van der Waals surface area contributed by atoms with Crippen molar-refractivity contribution in [2.45, 2.75) is 38.0 Å². The fraction of sp³-hybridized carbons (Fsp3) is 0.368. The van der Waals surface area contributed by atoms with Crippen LogP contribution in [0.15, 0.2) is 57.5 Å². The van der Waals surface area contributed by atoms with E-state index in [0.717, 1.165) is 20.1 Å². The van der Waals surface area contributed by atoms with E-state index < -0.39 is 39.4 Å². The van der Waals surface area contributed by atoms with Crippen LogP contribution in [0.2, 0.25) is 0 Å². The van der Waals surface area contributed by atoms with Gasteiger partial charge in [0.1, 0.15) is 17.5 Å². The minimum atomic E-state index is -1.19. The summed E-state index contributed by atoms with van der Waals surface area (Å²) in [6.07, 6.45) is 0. The van der Waals surface area contributed by atoms with Crippen molar-refractivity contribution in [3.8, 4) is 0 Å². The summed E-state index contributed by atoms with van der Waals surface area (Å²) >= 11 is 6.74. The molecule has 1 heterocycles. The Balaban J connectivity index is 2.14. The van der Waals surface area contributed by atoms with E-state index in [1.165, 1.54) is 0 Å². The maximum Gasteiger partial charge on any atom is 0.243 e. The lowest BCUT2D eigenvalue weighted by Crippen LogP contribution is -2.63. The van der Waals surface area contributed by atoms with Crippen molar-refractivity contribution in [2.24, 2.45) is 5.41 Å². The molecule has 2 aromatic carbocycles. The van der Waals surface area contributed by atoms with E-state index in [0.29, 0.717) is 0 Å². The third-order valence-electron chi connectivity index (χ3n) is 5.43. The summed E-state index contributed by atoms with van der Waals surface area (Å²) in [6.45, 7) is 3.24. The highest BCUT2D eigenvalue weighted by atomic mass is 79.9. The molecule has 3 rings (SSSR count). The molecule has 28 heavy (non-hydrogen) atoms. The van der Waals surface area contributed by atoms with E-state index in [-0.39, 0.29) is 0 Å². The van der Waals surface area contributed by atoms with Crippen molar-refractivity contribution in [3.05, 3.63) is 88.8 Å². The van der Waals surface area contributed by atoms with Crippen molar-refractivity contribution >= 4 is 31.9 Å². The SMILES string of the molecule is CC1(C)C([N+](=O)[O-])C(c2ccc(Br)cc2)NC(c2ccc(Br)cc2)C1[N+](=O)[O-]. The lowest BCUT2D eigenvalue weighted by atomic mass is 9.66. The van der Waals surface area contributed by atoms with Gasteiger partial charge in [-0.2, -0.15) is 0 Å². The summed E-state index contributed by atoms with van der Waals surface area (Å²) in [6, 6.07) is 10.8. The zero-order valence-electron chi connectivity index (χ0n) is 15.2. The fourth-order valence-electron chi connectivity index (χ4n) is 4.09. The lowest BCUT2D eigenvalue weighted by Gasteiger charge is -2.44. The van der Waals surface area contributed by atoms with Crippen molar-refractivity contribution < 1.29 is 9.85 Å². The van der Waals surface area contributed by atoms with Crippen molar-refractivity contribution in [3.63, 3.8) is 0 Å². The number of nitrogens with one attached hydrogen (secondary N) is 1. The first-order chi connectivity index (χ1) is 13.1. The van der Waals surface area contributed by atoms with Crippen LogP contribution >= 0.6 is 31.9 Å². The molecule has 1 aliphatic rings. The Morgan fingerprint density at radius 3 is 1.39 bits per heavy atom. The second-order valence-electron chi connectivity index (χ2n) is 7.51. The number of nitrogens with zero attached hydrogens (tertiary/aromatic N) is 2. The molecule has 0 saturated carbocycles. The molecule has 0 aromatic heterocycles. The molecule has 0 aliphatic carbocycles. The average molecular weight is 513 g/mol. The monoisotopic (exact) mass is 511 g/mol. The smallest absolute Gasteiger partial charge is 0.243 e. The molecule has 0 spiro atoms. The van der Waals surface area contributed by atoms with E-state index in [1.807, 2.05) is 24.3 Å². The van der Waals surface area contributed by atoms with E-state index in [2.05, 4.69) is 37.2 Å². The van der Waals surface area contributed by atoms with Gasteiger partial charge in [0.05, 0.1) is 0 Å². The van der Waals surface area contributed by atoms with E-state index in [1.54, 1.807) is 38.1 Å². The quantitative estimate of drug-likeness (QED) is 0.463. The van der Waals surface area contributed by atoms with Crippen LogP contribution in [0.25, 0.3) is 0 Å². The highest BCUT2D eigenvalue weighted by Crippen LogP contribution is 2.47. The normalized spacial score (nSPS) is 26.6. The van der Waals surface area contributed by atoms with Crippen LogP contribution < -0.4 is 5.32 Å². The Hall–Kier alpha value is -1.84. The van der Waals surface area contributed by atoms with Crippen LogP contribution in [-0.2, 0) is 0 Å². The molecule has 4 atom stereocenters. The first-order valence-corrected chi connectivity index (χ1v) is 10.3. The van der Waals surface area contributed by atoms with Gasteiger partial charge in [0.25, 0.3) is 0 Å². The van der Waals surface area contributed by atoms with Gasteiger partial charge in [-0.15, -0.1) is 0 Å². The third kappa shape index (κ3) is 3.83. The number of piperidine rings is 1. The molecule has 4 unspecified atom stereocenters. The van der Waals surface area contributed by atoms with Crippen molar-refractivity contribution in [2.75, 3.05) is 0 Å². The molecule has 7 nitrogen and oxygen atoms in total. The lowest BCUT2D eigenvalue weighted by molar-refractivity contribution is -0.605. The van der Waals surface area contributed by atoms with E-state index in [9.17, 15) is 20.2 Å². The minimum absolute atomic E-state index is 0.395. The van der Waals surface area contributed by atoms with Crippen LogP contribution in [0.1, 0.15) is 37.1 Å². The average Bonchev–Trinajstić information content (AvgIpc) is 2.60. The van der Waals surface area contributed by atoms with Crippen LogP contribution in [-0.4, -0.2) is 21.9 Å². The van der Waals surface area contributed by atoms with Crippen LogP contribution in [0.4, 0.5) is 0 Å². The molecule has 1 N–H and O–H groups in total. The van der Waals surface area contributed by atoms with Gasteiger partial charge in [-0.3, -0.25) is 25.5 Å². The number of halogens is 2. The maximum absolute atomic E-state index is 12.0. The van der Waals surface area contributed by atoms with Crippen molar-refractivity contribution in [1.29, 1.82) is 0 Å². The highest BCUT2D eigenvalue weighted by Gasteiger charge is 2.62. The maximum atomic E-state index is 12.0. The topological polar surface area (TPSA) is 98.3 Å². The van der Waals surface area contributed by atoms with E-state index in [4.69, 9.17) is 0 Å². The largest absolute Gasteiger partial charge is 0.291 e. The summed E-state index contributed by atoms with van der Waals surface area (Å²) in [5.41, 5.74) is 0.261. The fourth-order valence-corrected chi connectivity index (χ4v) is 4.62. The highest BCUT2D eigenvalue weighted by molar-refractivity contribution is 9.10. The molecular weight excluding hydrogens is 494 g/mol. The van der Waals surface area contributed by atoms with Gasteiger partial charge in [0, 0.05) is 18.8 Å². The summed E-state index contributed by atoms with van der Waals surface area (Å²) in [5.74, 6) is 0. The first kappa shape index (κ1) is 20.9. The zero-order chi connectivity index (χ0) is 20.6. The van der Waals surface area contributed by atoms with Gasteiger partial charge in [-0.1, -0.05) is 56.1 Å². The predicted octanol–water partition coefficient (Wildman–Crippen LogP) is 4.91. The number of nitro groups is 2. The molecule has 1 saturated heterocycles. The Bertz CT molecular complexity index is 816.